The minimum absolute atomic E-state index is 0.0294. The summed E-state index contributed by atoms with van der Waals surface area (Å²) in [5.41, 5.74) is 1.55. The number of aryl methyl sites for hydroxylation is 1. The number of nitrogens with zero attached hydrogens (tertiary/aromatic N) is 2. The second kappa shape index (κ2) is 2.95. The number of hydrogen-bond acceptors (Lipinski definition) is 2. The lowest BCUT2D eigenvalue weighted by molar-refractivity contribution is 0.557. The van der Waals surface area contributed by atoms with E-state index >= 15 is 0 Å². The van der Waals surface area contributed by atoms with Crippen molar-refractivity contribution in [2.24, 2.45) is 7.05 Å². The Kier molecular flexibility index (Phi) is 1.96. The maximum atomic E-state index is 11.8. The number of hydrogen-bond donors (Lipinski definition) is 1. The third-order valence-corrected chi connectivity index (χ3v) is 2.46. The van der Waals surface area contributed by atoms with Gasteiger partial charge in [0.15, 0.2) is 5.43 Å². The van der Waals surface area contributed by atoms with E-state index in [-0.39, 0.29) is 10.8 Å². The molecule has 0 saturated carbocycles. The van der Waals surface area contributed by atoms with Gasteiger partial charge in [-0.1, -0.05) is 20.8 Å². The molecule has 80 valence electrons. The summed E-state index contributed by atoms with van der Waals surface area (Å²) in [6.07, 6.45) is 1.65. The van der Waals surface area contributed by atoms with Crippen LogP contribution in [0.2, 0.25) is 0 Å². The van der Waals surface area contributed by atoms with Crippen molar-refractivity contribution < 1.29 is 0 Å². The minimum atomic E-state index is -0.117. The molecule has 1 N–H and O–H groups in total. The lowest BCUT2D eigenvalue weighted by atomic mass is 9.90. The van der Waals surface area contributed by atoms with Crippen LogP contribution in [0.1, 0.15) is 26.5 Å². The van der Waals surface area contributed by atoms with Crippen LogP contribution >= 0.6 is 0 Å². The van der Waals surface area contributed by atoms with Gasteiger partial charge < -0.3 is 4.98 Å². The zero-order valence-corrected chi connectivity index (χ0v) is 9.46. The summed E-state index contributed by atoms with van der Waals surface area (Å²) in [5, 5.41) is 5.11. The summed E-state index contributed by atoms with van der Waals surface area (Å²) in [4.78, 5) is 14.8. The van der Waals surface area contributed by atoms with Gasteiger partial charge in [0.2, 0.25) is 0 Å². The second-order valence-electron chi connectivity index (χ2n) is 4.79. The van der Waals surface area contributed by atoms with E-state index < -0.39 is 0 Å². The molecule has 0 radical (unpaired) electrons. The van der Waals surface area contributed by atoms with Crippen molar-refractivity contribution in [3.63, 3.8) is 0 Å². The Bertz CT molecular complexity index is 557. The monoisotopic (exact) mass is 205 g/mol. The fourth-order valence-electron chi connectivity index (χ4n) is 1.73. The van der Waals surface area contributed by atoms with E-state index in [2.05, 4.69) is 30.9 Å². The zero-order valence-electron chi connectivity index (χ0n) is 9.46. The summed E-state index contributed by atoms with van der Waals surface area (Å²) in [5.74, 6) is 0. The van der Waals surface area contributed by atoms with Gasteiger partial charge in [0.1, 0.15) is 5.65 Å². The topological polar surface area (TPSA) is 50.7 Å². The molecule has 0 spiro atoms. The number of rotatable bonds is 0. The molecule has 0 fully saturated rings. The maximum absolute atomic E-state index is 11.8. The van der Waals surface area contributed by atoms with Gasteiger partial charge in [-0.2, -0.15) is 5.10 Å². The van der Waals surface area contributed by atoms with Crippen LogP contribution < -0.4 is 5.43 Å². The Morgan fingerprint density at radius 2 is 2.07 bits per heavy atom. The van der Waals surface area contributed by atoms with Crippen LogP contribution in [0.15, 0.2) is 17.1 Å². The molecule has 2 aromatic heterocycles. The summed E-state index contributed by atoms with van der Waals surface area (Å²) in [6.45, 7) is 6.17. The molecule has 2 aromatic rings. The molecule has 2 heterocycles. The third-order valence-electron chi connectivity index (χ3n) is 2.46. The highest BCUT2D eigenvalue weighted by atomic mass is 16.1. The number of aromatic nitrogens is 3. The molecule has 0 aliphatic heterocycles. The summed E-state index contributed by atoms with van der Waals surface area (Å²) in [7, 11) is 1.84. The third kappa shape index (κ3) is 1.46. The van der Waals surface area contributed by atoms with Gasteiger partial charge in [0.05, 0.1) is 11.1 Å². The van der Waals surface area contributed by atoms with Crippen molar-refractivity contribution in [2.45, 2.75) is 26.2 Å². The van der Waals surface area contributed by atoms with Gasteiger partial charge in [0.25, 0.3) is 0 Å². The van der Waals surface area contributed by atoms with Gasteiger partial charge in [0, 0.05) is 24.7 Å². The average Bonchev–Trinajstić information content (AvgIpc) is 2.45. The molecular weight excluding hydrogens is 190 g/mol. The standard InChI is InChI=1S/C11H15N3O/c1-11(2,3)9-8-7(15)5-6-12-10(8)14(4)13-9/h5-6H,1-4H3,(H,12,15). The highest BCUT2D eigenvalue weighted by Gasteiger charge is 2.23. The maximum Gasteiger partial charge on any atom is 0.192 e. The van der Waals surface area contributed by atoms with Crippen LogP contribution in [0.4, 0.5) is 0 Å². The molecule has 0 unspecified atom stereocenters. The molecule has 4 nitrogen and oxygen atoms in total. The van der Waals surface area contributed by atoms with Crippen LogP contribution in [0, 0.1) is 0 Å². The molecule has 0 bridgehead atoms. The van der Waals surface area contributed by atoms with E-state index in [4.69, 9.17) is 0 Å². The number of pyridine rings is 1. The number of nitrogens with one attached hydrogen (secondary N) is 1. The predicted octanol–water partition coefficient (Wildman–Crippen LogP) is 1.56. The molecular formula is C11H15N3O. The molecule has 0 aliphatic carbocycles. The fourth-order valence-corrected chi connectivity index (χ4v) is 1.73. The Morgan fingerprint density at radius 3 is 2.67 bits per heavy atom. The van der Waals surface area contributed by atoms with Crippen molar-refractivity contribution in [3.05, 3.63) is 28.2 Å². The van der Waals surface area contributed by atoms with E-state index in [1.54, 1.807) is 16.9 Å². The minimum Gasteiger partial charge on any atom is -0.346 e. The van der Waals surface area contributed by atoms with Crippen molar-refractivity contribution in [1.82, 2.24) is 14.8 Å². The van der Waals surface area contributed by atoms with Crippen LogP contribution in [0.5, 0.6) is 0 Å². The fraction of sp³-hybridized carbons (Fsp3) is 0.455. The first-order chi connectivity index (χ1) is 6.91. The molecule has 0 saturated heterocycles. The molecule has 0 amide bonds. The zero-order chi connectivity index (χ0) is 11.2. The first-order valence-electron chi connectivity index (χ1n) is 4.96. The van der Waals surface area contributed by atoms with E-state index in [0.29, 0.717) is 5.39 Å². The SMILES string of the molecule is Cn1nc(C(C)(C)C)c2c(=O)cc[nH]c21. The Labute approximate surface area is 87.9 Å². The molecule has 4 heteroatoms. The van der Waals surface area contributed by atoms with Crippen LogP contribution in [-0.2, 0) is 12.5 Å². The van der Waals surface area contributed by atoms with Crippen LogP contribution in [-0.4, -0.2) is 14.8 Å². The van der Waals surface area contributed by atoms with Gasteiger partial charge >= 0.3 is 0 Å². The summed E-state index contributed by atoms with van der Waals surface area (Å²) >= 11 is 0. The van der Waals surface area contributed by atoms with Gasteiger partial charge in [-0.05, 0) is 0 Å². The smallest absolute Gasteiger partial charge is 0.192 e. The first kappa shape index (κ1) is 9.96. The lowest BCUT2D eigenvalue weighted by Gasteiger charge is -2.14. The lowest BCUT2D eigenvalue weighted by Crippen LogP contribution is -2.15. The number of fused-ring (bicyclic) bond motifs is 1. The predicted molar refractivity (Wildman–Crippen MR) is 60.0 cm³/mol. The number of aromatic amines is 1. The second-order valence-corrected chi connectivity index (χ2v) is 4.79. The van der Waals surface area contributed by atoms with Crippen LogP contribution in [0.3, 0.4) is 0 Å². The molecule has 0 atom stereocenters. The van der Waals surface area contributed by atoms with Crippen molar-refractivity contribution in [1.29, 1.82) is 0 Å². The van der Waals surface area contributed by atoms with Gasteiger partial charge in [-0.25, -0.2) is 0 Å². The highest BCUT2D eigenvalue weighted by Crippen LogP contribution is 2.25. The largest absolute Gasteiger partial charge is 0.346 e. The Balaban J connectivity index is 2.94. The van der Waals surface area contributed by atoms with E-state index in [9.17, 15) is 4.79 Å². The van der Waals surface area contributed by atoms with E-state index in [1.165, 1.54) is 0 Å². The van der Waals surface area contributed by atoms with Gasteiger partial charge in [-0.15, -0.1) is 0 Å². The van der Waals surface area contributed by atoms with Crippen LogP contribution in [0.25, 0.3) is 11.0 Å². The molecule has 2 rings (SSSR count). The number of H-pyrrole nitrogens is 1. The molecule has 15 heavy (non-hydrogen) atoms. The van der Waals surface area contributed by atoms with Crippen molar-refractivity contribution >= 4 is 11.0 Å². The summed E-state index contributed by atoms with van der Waals surface area (Å²) < 4.78 is 1.72. The molecule has 0 aliphatic rings. The Hall–Kier alpha value is -1.58. The normalized spacial score (nSPS) is 12.3. The van der Waals surface area contributed by atoms with E-state index in [1.807, 2.05) is 7.05 Å². The van der Waals surface area contributed by atoms with E-state index in [0.717, 1.165) is 11.3 Å². The highest BCUT2D eigenvalue weighted by molar-refractivity contribution is 5.78. The van der Waals surface area contributed by atoms with Crippen molar-refractivity contribution in [2.75, 3.05) is 0 Å². The van der Waals surface area contributed by atoms with Crippen molar-refractivity contribution in [3.8, 4) is 0 Å². The first-order valence-corrected chi connectivity index (χ1v) is 4.96. The quantitative estimate of drug-likeness (QED) is 0.709. The van der Waals surface area contributed by atoms with Gasteiger partial charge in [-0.3, -0.25) is 9.48 Å². The summed E-state index contributed by atoms with van der Waals surface area (Å²) in [6, 6.07) is 1.54. The molecule has 0 aromatic carbocycles. The average molecular weight is 205 g/mol. The Morgan fingerprint density at radius 1 is 1.40 bits per heavy atom.